The van der Waals surface area contributed by atoms with E-state index in [1.807, 2.05) is 54.6 Å². The van der Waals surface area contributed by atoms with Crippen LogP contribution in [0, 0.1) is 5.92 Å². The molecule has 1 atom stereocenters. The first-order valence-corrected chi connectivity index (χ1v) is 12.3. The Hall–Kier alpha value is -3.39. The Morgan fingerprint density at radius 3 is 2.43 bits per heavy atom. The number of benzene rings is 2. The number of ether oxygens (including phenoxy) is 1. The van der Waals surface area contributed by atoms with Gasteiger partial charge in [-0.05, 0) is 42.7 Å². The zero-order chi connectivity index (χ0) is 24.6. The summed E-state index contributed by atoms with van der Waals surface area (Å²) >= 11 is 0. The lowest BCUT2D eigenvalue weighted by molar-refractivity contribution is -0.141. The molecule has 0 aromatic heterocycles. The number of nitrogens with zero attached hydrogens (tertiary/aromatic N) is 3. The maximum absolute atomic E-state index is 13.0. The van der Waals surface area contributed by atoms with E-state index in [-0.39, 0.29) is 30.2 Å². The molecule has 0 saturated carbocycles. The van der Waals surface area contributed by atoms with Crippen molar-refractivity contribution >= 4 is 29.1 Å². The molecule has 8 heteroatoms. The van der Waals surface area contributed by atoms with Gasteiger partial charge in [0.2, 0.25) is 17.7 Å². The van der Waals surface area contributed by atoms with E-state index < -0.39 is 0 Å². The Balaban J connectivity index is 1.25. The van der Waals surface area contributed by atoms with Crippen LogP contribution >= 0.6 is 0 Å². The third kappa shape index (κ3) is 6.82. The molecule has 2 aromatic rings. The summed E-state index contributed by atoms with van der Waals surface area (Å²) in [6, 6.07) is 17.4. The highest BCUT2D eigenvalue weighted by molar-refractivity contribution is 5.95. The van der Waals surface area contributed by atoms with Crippen molar-refractivity contribution in [1.82, 2.24) is 9.80 Å². The zero-order valence-electron chi connectivity index (χ0n) is 20.3. The molecule has 1 N–H and O–H groups in total. The van der Waals surface area contributed by atoms with Crippen LogP contribution in [0.15, 0.2) is 54.6 Å². The quantitative estimate of drug-likeness (QED) is 0.661. The number of hydrogen-bond donors (Lipinski definition) is 1. The van der Waals surface area contributed by atoms with E-state index in [0.717, 1.165) is 50.4 Å². The fourth-order valence-electron chi connectivity index (χ4n) is 4.67. The number of anilines is 2. The van der Waals surface area contributed by atoms with Crippen LogP contribution in [0.4, 0.5) is 11.4 Å². The van der Waals surface area contributed by atoms with Gasteiger partial charge < -0.3 is 24.8 Å². The topological polar surface area (TPSA) is 82.2 Å². The highest BCUT2D eigenvalue weighted by Gasteiger charge is 2.30. The number of likely N-dealkylation sites (N-methyl/N-ethyl adjacent to an activating group) is 1. The van der Waals surface area contributed by atoms with Gasteiger partial charge in [0.1, 0.15) is 0 Å². The molecule has 0 bridgehead atoms. The van der Waals surface area contributed by atoms with E-state index in [0.29, 0.717) is 25.2 Å². The molecular weight excluding hydrogens is 444 g/mol. The summed E-state index contributed by atoms with van der Waals surface area (Å²) in [5.41, 5.74) is 2.77. The molecule has 186 valence electrons. The van der Waals surface area contributed by atoms with Crippen molar-refractivity contribution in [3.63, 3.8) is 0 Å². The minimum absolute atomic E-state index is 0.0293. The molecule has 0 aliphatic carbocycles. The molecule has 2 saturated heterocycles. The fraction of sp³-hybridized carbons (Fsp3) is 0.444. The van der Waals surface area contributed by atoms with Gasteiger partial charge in [0.25, 0.3) is 0 Å². The number of carbonyl (C=O) groups excluding carboxylic acids is 3. The maximum atomic E-state index is 13.0. The summed E-state index contributed by atoms with van der Waals surface area (Å²) in [7, 11) is 1.65. The normalized spacial score (nSPS) is 18.1. The number of nitrogens with one attached hydrogen (secondary N) is 1. The number of carbonyl (C=O) groups is 3. The van der Waals surface area contributed by atoms with Crippen LogP contribution in [0.2, 0.25) is 0 Å². The van der Waals surface area contributed by atoms with Crippen LogP contribution in [0.5, 0.6) is 0 Å². The molecule has 0 spiro atoms. The summed E-state index contributed by atoms with van der Waals surface area (Å²) in [4.78, 5) is 43.8. The van der Waals surface area contributed by atoms with E-state index in [2.05, 4.69) is 10.2 Å². The lowest BCUT2D eigenvalue weighted by atomic mass is 9.96. The van der Waals surface area contributed by atoms with Crippen LogP contribution in [-0.4, -0.2) is 80.5 Å². The van der Waals surface area contributed by atoms with Crippen molar-refractivity contribution in [2.45, 2.75) is 19.3 Å². The summed E-state index contributed by atoms with van der Waals surface area (Å²) in [6.45, 7) is 4.19. The van der Waals surface area contributed by atoms with Gasteiger partial charge in [-0.15, -0.1) is 0 Å². The van der Waals surface area contributed by atoms with Crippen molar-refractivity contribution in [1.29, 1.82) is 0 Å². The number of piperidine rings is 1. The minimum Gasteiger partial charge on any atom is -0.378 e. The summed E-state index contributed by atoms with van der Waals surface area (Å²) in [6.07, 6.45) is 1.85. The third-order valence-electron chi connectivity index (χ3n) is 6.61. The van der Waals surface area contributed by atoms with Gasteiger partial charge >= 0.3 is 0 Å². The van der Waals surface area contributed by atoms with Gasteiger partial charge in [-0.2, -0.15) is 0 Å². The Bertz CT molecular complexity index is 1010. The van der Waals surface area contributed by atoms with Crippen molar-refractivity contribution in [2.24, 2.45) is 5.92 Å². The second-order valence-corrected chi connectivity index (χ2v) is 9.23. The van der Waals surface area contributed by atoms with Crippen molar-refractivity contribution in [2.75, 3.05) is 63.2 Å². The number of hydrogen-bond acceptors (Lipinski definition) is 5. The van der Waals surface area contributed by atoms with E-state index >= 15 is 0 Å². The summed E-state index contributed by atoms with van der Waals surface area (Å²) in [5.74, 6) is -0.587. The largest absolute Gasteiger partial charge is 0.378 e. The molecule has 0 radical (unpaired) electrons. The Kier molecular flexibility index (Phi) is 8.36. The first kappa shape index (κ1) is 24.7. The van der Waals surface area contributed by atoms with Gasteiger partial charge in [0.15, 0.2) is 0 Å². The van der Waals surface area contributed by atoms with E-state index in [4.69, 9.17) is 4.74 Å². The minimum atomic E-state index is -0.283. The molecule has 3 amide bonds. The molecule has 2 heterocycles. The molecule has 35 heavy (non-hydrogen) atoms. The molecule has 8 nitrogen and oxygen atoms in total. The van der Waals surface area contributed by atoms with Crippen LogP contribution < -0.4 is 10.2 Å². The van der Waals surface area contributed by atoms with Gasteiger partial charge in [0.05, 0.1) is 32.1 Å². The summed E-state index contributed by atoms with van der Waals surface area (Å²) < 4.78 is 5.39. The number of amides is 3. The first-order chi connectivity index (χ1) is 17.0. The third-order valence-corrected chi connectivity index (χ3v) is 6.61. The average molecular weight is 479 g/mol. The molecule has 4 rings (SSSR count). The fourth-order valence-corrected chi connectivity index (χ4v) is 4.67. The van der Waals surface area contributed by atoms with Gasteiger partial charge in [0, 0.05) is 44.6 Å². The predicted molar refractivity (Wildman–Crippen MR) is 135 cm³/mol. The molecule has 2 fully saturated rings. The Labute approximate surface area is 206 Å². The maximum Gasteiger partial charge on any atom is 0.243 e. The second kappa shape index (κ2) is 11.8. The van der Waals surface area contributed by atoms with Crippen LogP contribution in [-0.2, 0) is 25.5 Å². The van der Waals surface area contributed by atoms with Crippen LogP contribution in [0.1, 0.15) is 18.4 Å². The SMILES string of the molecule is CN(CC(=O)Nc1ccc(N2CCOCC2)cc1)C(=O)C1CCCN(C(=O)Cc2ccccc2)C1. The Morgan fingerprint density at radius 1 is 1.00 bits per heavy atom. The highest BCUT2D eigenvalue weighted by atomic mass is 16.5. The average Bonchev–Trinajstić information content (AvgIpc) is 2.89. The van der Waals surface area contributed by atoms with Crippen molar-refractivity contribution in [3.05, 3.63) is 60.2 Å². The molecule has 2 aliphatic heterocycles. The van der Waals surface area contributed by atoms with Crippen molar-refractivity contribution < 1.29 is 19.1 Å². The predicted octanol–water partition coefficient (Wildman–Crippen LogP) is 2.40. The van der Waals surface area contributed by atoms with E-state index in [9.17, 15) is 14.4 Å². The standard InChI is InChI=1S/C27H34N4O4/c1-29(20-25(32)28-23-9-11-24(12-10-23)30-14-16-35-17-15-30)27(34)22-8-5-13-31(19-22)26(33)18-21-6-3-2-4-7-21/h2-4,6-7,9-12,22H,5,8,13-20H2,1H3,(H,28,32). The van der Waals surface area contributed by atoms with E-state index in [1.54, 1.807) is 11.9 Å². The van der Waals surface area contributed by atoms with E-state index in [1.165, 1.54) is 4.90 Å². The number of likely N-dealkylation sites (tertiary alicyclic amines) is 1. The smallest absolute Gasteiger partial charge is 0.243 e. The van der Waals surface area contributed by atoms with Crippen molar-refractivity contribution in [3.8, 4) is 0 Å². The monoisotopic (exact) mass is 478 g/mol. The molecular formula is C27H34N4O4. The van der Waals surface area contributed by atoms with Crippen LogP contribution in [0.3, 0.4) is 0 Å². The first-order valence-electron chi connectivity index (χ1n) is 12.3. The lowest BCUT2D eigenvalue weighted by Crippen LogP contribution is -2.47. The Morgan fingerprint density at radius 2 is 1.71 bits per heavy atom. The number of morpholine rings is 1. The lowest BCUT2D eigenvalue weighted by Gasteiger charge is -2.34. The van der Waals surface area contributed by atoms with Gasteiger partial charge in [-0.3, -0.25) is 14.4 Å². The molecule has 2 aliphatic rings. The van der Waals surface area contributed by atoms with Gasteiger partial charge in [-0.25, -0.2) is 0 Å². The summed E-state index contributed by atoms with van der Waals surface area (Å²) in [5, 5.41) is 2.87. The second-order valence-electron chi connectivity index (χ2n) is 9.23. The zero-order valence-corrected chi connectivity index (χ0v) is 20.3. The molecule has 1 unspecified atom stereocenters. The number of rotatable bonds is 7. The van der Waals surface area contributed by atoms with Crippen LogP contribution in [0.25, 0.3) is 0 Å². The van der Waals surface area contributed by atoms with Gasteiger partial charge in [-0.1, -0.05) is 30.3 Å². The molecule has 2 aromatic carbocycles. The highest BCUT2D eigenvalue weighted by Crippen LogP contribution is 2.21.